The molecule has 2 saturated heterocycles. The van der Waals surface area contributed by atoms with Crippen LogP contribution >= 0.6 is 0 Å². The molecule has 1 atom stereocenters. The lowest BCUT2D eigenvalue weighted by Gasteiger charge is -2.35. The van der Waals surface area contributed by atoms with Gasteiger partial charge in [-0.05, 0) is 13.8 Å². The first-order valence-corrected chi connectivity index (χ1v) is 8.71. The Balaban J connectivity index is 1.82. The average Bonchev–Trinajstić information content (AvgIpc) is 2.79. The summed E-state index contributed by atoms with van der Waals surface area (Å²) in [5.74, 6) is -0.880. The van der Waals surface area contributed by atoms with Gasteiger partial charge in [-0.1, -0.05) is 0 Å². The monoisotopic (exact) mass is 369 g/mol. The van der Waals surface area contributed by atoms with Crippen LogP contribution in [0.25, 0.3) is 0 Å². The number of hydrogen-bond acceptors (Lipinski definition) is 6. The molecule has 2 aliphatic heterocycles. The maximum absolute atomic E-state index is 12.1. The first-order valence-electron chi connectivity index (χ1n) is 8.71. The van der Waals surface area contributed by atoms with Crippen molar-refractivity contribution in [3.05, 3.63) is 0 Å². The van der Waals surface area contributed by atoms with Crippen molar-refractivity contribution in [3.63, 3.8) is 0 Å². The summed E-state index contributed by atoms with van der Waals surface area (Å²) in [5.41, 5.74) is 0. The minimum atomic E-state index is -0.474. The second-order valence-corrected chi connectivity index (χ2v) is 6.84. The summed E-state index contributed by atoms with van der Waals surface area (Å²) in [5, 5.41) is 5.56. The van der Waals surface area contributed by atoms with Crippen LogP contribution in [-0.2, 0) is 19.1 Å². The standard InChI is InChI=1S/C16H27N5O5/c1-11(2)18-14(23)7-20-4-5-26-10-12(20)6-17-13(22)8-21-15(24)9-19(3)16(21)25/h11-12H,4-10H2,1-3H3,(H,17,22)(H,18,23). The predicted octanol–water partition coefficient (Wildman–Crippen LogP) is -1.78. The molecule has 2 fully saturated rings. The van der Waals surface area contributed by atoms with Gasteiger partial charge in [-0.15, -0.1) is 0 Å². The first kappa shape index (κ1) is 20.1. The third kappa shape index (κ3) is 5.40. The number of likely N-dealkylation sites (N-methyl/N-ethyl adjacent to an activating group) is 1. The fourth-order valence-corrected chi connectivity index (χ4v) is 2.89. The molecule has 26 heavy (non-hydrogen) atoms. The van der Waals surface area contributed by atoms with Crippen molar-refractivity contribution in [2.75, 3.05) is 53.0 Å². The number of morpholine rings is 1. The molecule has 2 rings (SSSR count). The van der Waals surface area contributed by atoms with Gasteiger partial charge in [-0.2, -0.15) is 0 Å². The van der Waals surface area contributed by atoms with Crippen molar-refractivity contribution in [1.82, 2.24) is 25.3 Å². The lowest BCUT2D eigenvalue weighted by molar-refractivity contribution is -0.131. The maximum atomic E-state index is 12.1. The molecule has 146 valence electrons. The van der Waals surface area contributed by atoms with E-state index in [9.17, 15) is 19.2 Å². The van der Waals surface area contributed by atoms with E-state index in [0.29, 0.717) is 19.8 Å². The average molecular weight is 369 g/mol. The van der Waals surface area contributed by atoms with E-state index in [4.69, 9.17) is 4.74 Å². The van der Waals surface area contributed by atoms with Crippen LogP contribution in [0.5, 0.6) is 0 Å². The molecule has 2 heterocycles. The van der Waals surface area contributed by atoms with Gasteiger partial charge < -0.3 is 20.3 Å². The van der Waals surface area contributed by atoms with Crippen molar-refractivity contribution >= 4 is 23.8 Å². The van der Waals surface area contributed by atoms with Crippen LogP contribution < -0.4 is 10.6 Å². The number of urea groups is 1. The Kier molecular flexibility index (Phi) is 6.92. The number of imide groups is 1. The minimum Gasteiger partial charge on any atom is -0.378 e. The third-order valence-electron chi connectivity index (χ3n) is 4.21. The Morgan fingerprint density at radius 2 is 1.96 bits per heavy atom. The zero-order valence-electron chi connectivity index (χ0n) is 15.5. The Hall–Kier alpha value is -2.20. The highest BCUT2D eigenvalue weighted by Gasteiger charge is 2.35. The quantitative estimate of drug-likeness (QED) is 0.514. The van der Waals surface area contributed by atoms with Crippen molar-refractivity contribution < 1.29 is 23.9 Å². The number of carbonyl (C=O) groups is 4. The molecule has 2 aliphatic rings. The zero-order valence-corrected chi connectivity index (χ0v) is 15.5. The number of ether oxygens (including phenoxy) is 1. The van der Waals surface area contributed by atoms with Gasteiger partial charge in [0.05, 0.1) is 25.8 Å². The Morgan fingerprint density at radius 1 is 1.23 bits per heavy atom. The lowest BCUT2D eigenvalue weighted by atomic mass is 10.2. The molecule has 2 N–H and O–H groups in total. The molecule has 0 aliphatic carbocycles. The highest BCUT2D eigenvalue weighted by atomic mass is 16.5. The van der Waals surface area contributed by atoms with E-state index in [1.165, 1.54) is 11.9 Å². The molecule has 5 amide bonds. The molecule has 0 aromatic rings. The number of nitrogens with zero attached hydrogens (tertiary/aromatic N) is 3. The van der Waals surface area contributed by atoms with Gasteiger partial charge in [0.25, 0.3) is 5.91 Å². The highest BCUT2D eigenvalue weighted by molar-refractivity contribution is 6.04. The number of hydrogen-bond donors (Lipinski definition) is 2. The molecule has 0 spiro atoms. The second-order valence-electron chi connectivity index (χ2n) is 6.84. The molecule has 0 aromatic carbocycles. The SMILES string of the molecule is CC(C)NC(=O)CN1CCOCC1CNC(=O)CN1C(=O)CN(C)C1=O. The van der Waals surface area contributed by atoms with Crippen LogP contribution in [0.1, 0.15) is 13.8 Å². The van der Waals surface area contributed by atoms with E-state index in [2.05, 4.69) is 10.6 Å². The summed E-state index contributed by atoms with van der Waals surface area (Å²) < 4.78 is 5.44. The van der Waals surface area contributed by atoms with Gasteiger partial charge in [0.1, 0.15) is 13.1 Å². The van der Waals surface area contributed by atoms with E-state index in [1.807, 2.05) is 18.7 Å². The number of nitrogens with one attached hydrogen (secondary N) is 2. The van der Waals surface area contributed by atoms with Crippen LogP contribution in [0, 0.1) is 0 Å². The normalized spacial score (nSPS) is 21.5. The Bertz CT molecular complexity index is 567. The molecule has 0 radical (unpaired) electrons. The molecular weight excluding hydrogens is 342 g/mol. The Labute approximate surface area is 152 Å². The maximum Gasteiger partial charge on any atom is 0.327 e. The zero-order chi connectivity index (χ0) is 19.3. The van der Waals surface area contributed by atoms with Gasteiger partial charge in [0.15, 0.2) is 0 Å². The first-order chi connectivity index (χ1) is 12.3. The summed E-state index contributed by atoms with van der Waals surface area (Å²) in [6.07, 6.45) is 0. The van der Waals surface area contributed by atoms with E-state index in [1.54, 1.807) is 0 Å². The summed E-state index contributed by atoms with van der Waals surface area (Å²) in [4.78, 5) is 51.7. The topological polar surface area (TPSA) is 111 Å². The molecule has 0 bridgehead atoms. The van der Waals surface area contributed by atoms with Gasteiger partial charge in [0.2, 0.25) is 11.8 Å². The molecular formula is C16H27N5O5. The van der Waals surface area contributed by atoms with E-state index >= 15 is 0 Å². The van der Waals surface area contributed by atoms with Crippen molar-refractivity contribution in [2.24, 2.45) is 0 Å². The third-order valence-corrected chi connectivity index (χ3v) is 4.21. The number of carbonyl (C=O) groups excluding carboxylic acids is 4. The van der Waals surface area contributed by atoms with Crippen LogP contribution in [0.2, 0.25) is 0 Å². The van der Waals surface area contributed by atoms with Crippen LogP contribution in [-0.4, -0.2) is 104 Å². The molecule has 0 saturated carbocycles. The second kappa shape index (κ2) is 8.95. The smallest absolute Gasteiger partial charge is 0.327 e. The van der Waals surface area contributed by atoms with Gasteiger partial charge in [0, 0.05) is 26.2 Å². The van der Waals surface area contributed by atoms with Gasteiger partial charge >= 0.3 is 6.03 Å². The van der Waals surface area contributed by atoms with Crippen molar-refractivity contribution in [3.8, 4) is 0 Å². The van der Waals surface area contributed by atoms with E-state index in [0.717, 1.165) is 4.90 Å². The Morgan fingerprint density at radius 3 is 2.58 bits per heavy atom. The number of amides is 5. The molecule has 0 aromatic heterocycles. The van der Waals surface area contributed by atoms with Gasteiger partial charge in [-0.3, -0.25) is 24.2 Å². The summed E-state index contributed by atoms with van der Waals surface area (Å²) in [6.45, 7) is 5.52. The predicted molar refractivity (Wildman–Crippen MR) is 92.2 cm³/mol. The van der Waals surface area contributed by atoms with E-state index < -0.39 is 11.9 Å². The summed E-state index contributed by atoms with van der Waals surface area (Å²) in [7, 11) is 1.51. The molecule has 10 heteroatoms. The summed E-state index contributed by atoms with van der Waals surface area (Å²) in [6, 6.07) is -0.549. The molecule has 10 nitrogen and oxygen atoms in total. The highest BCUT2D eigenvalue weighted by Crippen LogP contribution is 2.08. The largest absolute Gasteiger partial charge is 0.378 e. The van der Waals surface area contributed by atoms with Crippen molar-refractivity contribution in [2.45, 2.75) is 25.9 Å². The van der Waals surface area contributed by atoms with Gasteiger partial charge in [-0.25, -0.2) is 4.79 Å². The number of rotatable bonds is 7. The van der Waals surface area contributed by atoms with E-state index in [-0.39, 0.29) is 50.1 Å². The fraction of sp³-hybridized carbons (Fsp3) is 0.750. The minimum absolute atomic E-state index is 0.0126. The lowest BCUT2D eigenvalue weighted by Crippen LogP contribution is -2.55. The fourth-order valence-electron chi connectivity index (χ4n) is 2.89. The van der Waals surface area contributed by atoms with Crippen molar-refractivity contribution in [1.29, 1.82) is 0 Å². The van der Waals surface area contributed by atoms with Crippen LogP contribution in [0.15, 0.2) is 0 Å². The van der Waals surface area contributed by atoms with Crippen LogP contribution in [0.4, 0.5) is 4.79 Å². The summed E-state index contributed by atoms with van der Waals surface area (Å²) >= 11 is 0. The molecule has 1 unspecified atom stereocenters. The van der Waals surface area contributed by atoms with Crippen LogP contribution in [0.3, 0.4) is 0 Å².